The highest BCUT2D eigenvalue weighted by Crippen LogP contribution is 2.33. The molecule has 2 aromatic rings. The van der Waals surface area contributed by atoms with Crippen molar-refractivity contribution in [3.63, 3.8) is 0 Å². The van der Waals surface area contributed by atoms with Crippen molar-refractivity contribution in [2.75, 3.05) is 0 Å². The van der Waals surface area contributed by atoms with Crippen LogP contribution in [-0.4, -0.2) is 4.98 Å². The van der Waals surface area contributed by atoms with Gasteiger partial charge in [-0.25, -0.2) is 4.39 Å². The number of nitrogens with zero attached hydrogens (tertiary/aromatic N) is 2. The second kappa shape index (κ2) is 5.34. The number of hydrogen-bond acceptors (Lipinski definition) is 2. The van der Waals surface area contributed by atoms with Crippen molar-refractivity contribution in [2.45, 2.75) is 6.42 Å². The van der Waals surface area contributed by atoms with Crippen LogP contribution < -0.4 is 0 Å². The molecule has 0 aliphatic rings. The quantitative estimate of drug-likeness (QED) is 0.824. The number of rotatable bonds is 2. The van der Waals surface area contributed by atoms with E-state index in [2.05, 4.69) is 4.98 Å². The van der Waals surface area contributed by atoms with E-state index in [9.17, 15) is 4.39 Å². The highest BCUT2D eigenvalue weighted by molar-refractivity contribution is 6.39. The van der Waals surface area contributed by atoms with E-state index in [0.29, 0.717) is 21.3 Å². The first-order valence-corrected chi connectivity index (χ1v) is 5.85. The van der Waals surface area contributed by atoms with Crippen molar-refractivity contribution < 1.29 is 4.39 Å². The van der Waals surface area contributed by atoms with E-state index < -0.39 is 5.82 Å². The van der Waals surface area contributed by atoms with Gasteiger partial charge in [-0.2, -0.15) is 5.26 Å². The van der Waals surface area contributed by atoms with Gasteiger partial charge in [0, 0.05) is 11.1 Å². The molecular formula is C13H7Cl2FN2. The first kappa shape index (κ1) is 12.8. The highest BCUT2D eigenvalue weighted by Gasteiger charge is 2.12. The number of nitriles is 1. The molecule has 0 bridgehead atoms. The Kier molecular flexibility index (Phi) is 3.81. The topological polar surface area (TPSA) is 36.7 Å². The molecule has 0 aliphatic carbocycles. The van der Waals surface area contributed by atoms with E-state index in [-0.39, 0.29) is 12.0 Å². The smallest absolute Gasteiger partial charge is 0.145 e. The summed E-state index contributed by atoms with van der Waals surface area (Å²) in [5.41, 5.74) is 1.27. The third-order valence-electron chi connectivity index (χ3n) is 2.42. The Hall–Kier alpha value is -1.63. The normalized spacial score (nSPS) is 10.1. The van der Waals surface area contributed by atoms with Gasteiger partial charge in [-0.3, -0.25) is 4.98 Å². The standard InChI is InChI=1S/C13H7Cl2FN2/c14-9-2-1-3-10(15)13(9)12-6-8(4-5-17)11(16)7-18-12/h1-3,6-7H,4H2. The van der Waals surface area contributed by atoms with Crippen molar-refractivity contribution in [1.82, 2.24) is 4.98 Å². The third-order valence-corrected chi connectivity index (χ3v) is 3.05. The van der Waals surface area contributed by atoms with Crippen LogP contribution >= 0.6 is 23.2 Å². The third kappa shape index (κ3) is 2.45. The molecule has 0 radical (unpaired) electrons. The molecule has 5 heteroatoms. The Morgan fingerprint density at radius 3 is 2.56 bits per heavy atom. The molecule has 0 amide bonds. The molecule has 2 nitrogen and oxygen atoms in total. The monoisotopic (exact) mass is 280 g/mol. The SMILES string of the molecule is N#CCc1cc(-c2c(Cl)cccc2Cl)ncc1F. The lowest BCUT2D eigenvalue weighted by Gasteiger charge is -2.07. The minimum absolute atomic E-state index is 0.0244. The van der Waals surface area contributed by atoms with Crippen molar-refractivity contribution in [2.24, 2.45) is 0 Å². The van der Waals surface area contributed by atoms with E-state index in [1.807, 2.05) is 6.07 Å². The number of aromatic nitrogens is 1. The van der Waals surface area contributed by atoms with Gasteiger partial charge in [0.05, 0.1) is 34.4 Å². The zero-order valence-electron chi connectivity index (χ0n) is 9.12. The fourth-order valence-electron chi connectivity index (χ4n) is 1.58. The predicted molar refractivity (Wildman–Crippen MR) is 69.0 cm³/mol. The minimum Gasteiger partial charge on any atom is -0.253 e. The molecule has 1 heterocycles. The maximum Gasteiger partial charge on any atom is 0.145 e. The largest absolute Gasteiger partial charge is 0.253 e. The second-order valence-electron chi connectivity index (χ2n) is 3.59. The van der Waals surface area contributed by atoms with Gasteiger partial charge < -0.3 is 0 Å². The minimum atomic E-state index is -0.511. The van der Waals surface area contributed by atoms with Crippen molar-refractivity contribution in [3.8, 4) is 17.3 Å². The van der Waals surface area contributed by atoms with Gasteiger partial charge in [0.25, 0.3) is 0 Å². The van der Waals surface area contributed by atoms with E-state index in [1.54, 1.807) is 18.2 Å². The maximum absolute atomic E-state index is 13.4. The lowest BCUT2D eigenvalue weighted by molar-refractivity contribution is 0.609. The van der Waals surface area contributed by atoms with E-state index in [4.69, 9.17) is 28.5 Å². The van der Waals surface area contributed by atoms with Gasteiger partial charge in [-0.1, -0.05) is 29.3 Å². The van der Waals surface area contributed by atoms with Crippen LogP contribution in [0.2, 0.25) is 10.0 Å². The second-order valence-corrected chi connectivity index (χ2v) is 4.41. The number of pyridine rings is 1. The number of halogens is 3. The van der Waals surface area contributed by atoms with Crippen LogP contribution in [0.15, 0.2) is 30.5 Å². The van der Waals surface area contributed by atoms with Gasteiger partial charge in [0.15, 0.2) is 0 Å². The van der Waals surface area contributed by atoms with Crippen LogP contribution in [0, 0.1) is 17.1 Å². The summed E-state index contributed by atoms with van der Waals surface area (Å²) in [5, 5.41) is 9.50. The van der Waals surface area contributed by atoms with Crippen LogP contribution in [0.25, 0.3) is 11.3 Å². The Bertz CT molecular complexity index is 615. The molecule has 0 spiro atoms. The molecule has 90 valence electrons. The number of benzene rings is 1. The highest BCUT2D eigenvalue weighted by atomic mass is 35.5. The van der Waals surface area contributed by atoms with E-state index in [1.165, 1.54) is 6.07 Å². The Morgan fingerprint density at radius 1 is 1.28 bits per heavy atom. The summed E-state index contributed by atoms with van der Waals surface area (Å²) in [6, 6.07) is 8.46. The molecular weight excluding hydrogens is 274 g/mol. The van der Waals surface area contributed by atoms with Gasteiger partial charge in [0.1, 0.15) is 5.82 Å². The Morgan fingerprint density at radius 2 is 1.94 bits per heavy atom. The average Bonchev–Trinajstić information content (AvgIpc) is 2.33. The summed E-state index contributed by atoms with van der Waals surface area (Å²) in [7, 11) is 0. The zero-order valence-corrected chi connectivity index (χ0v) is 10.6. The molecule has 0 saturated heterocycles. The molecule has 0 aliphatic heterocycles. The van der Waals surface area contributed by atoms with Crippen LogP contribution in [0.1, 0.15) is 5.56 Å². The summed E-state index contributed by atoms with van der Waals surface area (Å²) < 4.78 is 13.4. The van der Waals surface area contributed by atoms with Crippen molar-refractivity contribution in [1.29, 1.82) is 5.26 Å². The maximum atomic E-state index is 13.4. The van der Waals surface area contributed by atoms with E-state index >= 15 is 0 Å². The first-order chi connectivity index (χ1) is 8.63. The van der Waals surface area contributed by atoms with E-state index in [0.717, 1.165) is 6.20 Å². The molecule has 1 aromatic heterocycles. The first-order valence-electron chi connectivity index (χ1n) is 5.09. The fraction of sp³-hybridized carbons (Fsp3) is 0.0769. The Labute approximate surface area is 114 Å². The molecule has 0 atom stereocenters. The van der Waals surface area contributed by atoms with Crippen LogP contribution in [0.5, 0.6) is 0 Å². The average molecular weight is 281 g/mol. The molecule has 0 N–H and O–H groups in total. The van der Waals surface area contributed by atoms with Crippen LogP contribution in [0.4, 0.5) is 4.39 Å². The van der Waals surface area contributed by atoms with Crippen molar-refractivity contribution in [3.05, 3.63) is 51.9 Å². The summed E-state index contributed by atoms with van der Waals surface area (Å²) in [4.78, 5) is 3.96. The van der Waals surface area contributed by atoms with Crippen molar-refractivity contribution >= 4 is 23.2 Å². The summed E-state index contributed by atoms with van der Waals surface area (Å²) in [6.07, 6.45) is 1.05. The predicted octanol–water partition coefficient (Wildman–Crippen LogP) is 4.26. The lowest BCUT2D eigenvalue weighted by atomic mass is 10.1. The zero-order chi connectivity index (χ0) is 13.1. The van der Waals surface area contributed by atoms with Gasteiger partial charge in [-0.05, 0) is 18.2 Å². The molecule has 1 aromatic carbocycles. The molecule has 2 rings (SSSR count). The lowest BCUT2D eigenvalue weighted by Crippen LogP contribution is -1.94. The molecule has 0 saturated carbocycles. The molecule has 0 fully saturated rings. The van der Waals surface area contributed by atoms with Crippen LogP contribution in [-0.2, 0) is 6.42 Å². The van der Waals surface area contributed by atoms with Gasteiger partial charge in [-0.15, -0.1) is 0 Å². The Balaban J connectivity index is 2.59. The van der Waals surface area contributed by atoms with Crippen LogP contribution in [0.3, 0.4) is 0 Å². The molecule has 0 unspecified atom stereocenters. The summed E-state index contributed by atoms with van der Waals surface area (Å²) >= 11 is 12.1. The number of hydrogen-bond donors (Lipinski definition) is 0. The van der Waals surface area contributed by atoms with Gasteiger partial charge in [0.2, 0.25) is 0 Å². The van der Waals surface area contributed by atoms with Gasteiger partial charge >= 0.3 is 0 Å². The fourth-order valence-corrected chi connectivity index (χ4v) is 2.17. The molecule has 18 heavy (non-hydrogen) atoms. The summed E-state index contributed by atoms with van der Waals surface area (Å²) in [5.74, 6) is -0.511. The summed E-state index contributed by atoms with van der Waals surface area (Å²) in [6.45, 7) is 0.